The minimum atomic E-state index is -0.792. The fraction of sp³-hybridized carbons (Fsp3) is 0.754. The predicted octanol–water partition coefficient (Wildman–Crippen LogP) is 19.0. The maximum atomic E-state index is 12.8. The van der Waals surface area contributed by atoms with Gasteiger partial charge in [-0.15, -0.1) is 0 Å². The van der Waals surface area contributed by atoms with Crippen LogP contribution in [0.2, 0.25) is 0 Å². The molecule has 0 aromatic carbocycles. The standard InChI is InChI=1S/C61H106O6/c1-4-7-10-13-16-19-22-25-27-29-30-32-33-36-39-42-45-48-51-54-60(63)66-57-58(56-65-59(62)53-50-47-44-41-38-35-24-21-18-15-12-9-6-3)67-61(64)55-52-49-46-43-40-37-34-31-28-26-23-20-17-14-11-8-5-2/h8,11,17,20-21,24-28,34,37,58H,4-7,9-10,12-16,18-19,22-23,29-33,35-36,38-57H2,1-3H3/b11-8-,20-17-,24-21-,27-25-,28-26-,37-34-/t58-/m0/s1. The van der Waals surface area contributed by atoms with E-state index in [4.69, 9.17) is 14.2 Å². The number of unbranched alkanes of at least 4 members (excludes halogenated alkanes) is 28. The molecule has 0 aliphatic carbocycles. The molecule has 0 aliphatic rings. The highest BCUT2D eigenvalue weighted by atomic mass is 16.6. The third kappa shape index (κ3) is 53.7. The second kappa shape index (κ2) is 55.4. The van der Waals surface area contributed by atoms with E-state index in [0.717, 1.165) is 103 Å². The lowest BCUT2D eigenvalue weighted by molar-refractivity contribution is -0.167. The van der Waals surface area contributed by atoms with Crippen molar-refractivity contribution in [2.45, 2.75) is 284 Å². The highest BCUT2D eigenvalue weighted by Gasteiger charge is 2.19. The van der Waals surface area contributed by atoms with Crippen molar-refractivity contribution in [2.75, 3.05) is 13.2 Å². The van der Waals surface area contributed by atoms with Crippen LogP contribution >= 0.6 is 0 Å². The van der Waals surface area contributed by atoms with Crippen LogP contribution < -0.4 is 0 Å². The Morgan fingerprint density at radius 1 is 0.313 bits per heavy atom. The number of allylic oxidation sites excluding steroid dienone is 12. The maximum absolute atomic E-state index is 12.8. The highest BCUT2D eigenvalue weighted by Crippen LogP contribution is 2.15. The van der Waals surface area contributed by atoms with Crippen LogP contribution in [0.1, 0.15) is 278 Å². The van der Waals surface area contributed by atoms with Gasteiger partial charge in [-0.1, -0.05) is 222 Å². The maximum Gasteiger partial charge on any atom is 0.306 e. The summed E-state index contributed by atoms with van der Waals surface area (Å²) in [6.45, 7) is 6.49. The number of ether oxygens (including phenoxy) is 3. The van der Waals surface area contributed by atoms with Crippen molar-refractivity contribution in [1.82, 2.24) is 0 Å². The lowest BCUT2D eigenvalue weighted by atomic mass is 10.1. The van der Waals surface area contributed by atoms with Crippen LogP contribution in [0.15, 0.2) is 72.9 Å². The van der Waals surface area contributed by atoms with Crippen LogP contribution in [0, 0.1) is 0 Å². The number of esters is 3. The van der Waals surface area contributed by atoms with Crippen LogP contribution in [0.5, 0.6) is 0 Å². The van der Waals surface area contributed by atoms with Crippen LogP contribution in [-0.2, 0) is 28.6 Å². The van der Waals surface area contributed by atoms with Crippen LogP contribution in [0.4, 0.5) is 0 Å². The van der Waals surface area contributed by atoms with Gasteiger partial charge in [-0.05, 0) is 109 Å². The van der Waals surface area contributed by atoms with Crippen molar-refractivity contribution in [2.24, 2.45) is 0 Å². The number of carbonyl (C=O) groups excluding carboxylic acids is 3. The van der Waals surface area contributed by atoms with Gasteiger partial charge in [-0.3, -0.25) is 14.4 Å². The zero-order valence-corrected chi connectivity index (χ0v) is 44.2. The van der Waals surface area contributed by atoms with E-state index in [9.17, 15) is 14.4 Å². The van der Waals surface area contributed by atoms with Gasteiger partial charge in [-0.25, -0.2) is 0 Å². The lowest BCUT2D eigenvalue weighted by Gasteiger charge is -2.18. The quantitative estimate of drug-likeness (QED) is 0.0262. The summed E-state index contributed by atoms with van der Waals surface area (Å²) in [6.07, 6.45) is 70.3. The van der Waals surface area contributed by atoms with Gasteiger partial charge in [0.25, 0.3) is 0 Å². The van der Waals surface area contributed by atoms with Crippen LogP contribution in [-0.4, -0.2) is 37.2 Å². The van der Waals surface area contributed by atoms with Crippen molar-refractivity contribution in [3.8, 4) is 0 Å². The minimum absolute atomic E-state index is 0.0885. The summed E-state index contributed by atoms with van der Waals surface area (Å²) >= 11 is 0. The summed E-state index contributed by atoms with van der Waals surface area (Å²) in [5.41, 5.74) is 0. The van der Waals surface area contributed by atoms with Crippen LogP contribution in [0.25, 0.3) is 0 Å². The monoisotopic (exact) mass is 935 g/mol. The minimum Gasteiger partial charge on any atom is -0.462 e. The topological polar surface area (TPSA) is 78.9 Å². The van der Waals surface area contributed by atoms with E-state index in [1.165, 1.54) is 135 Å². The molecule has 6 nitrogen and oxygen atoms in total. The third-order valence-corrected chi connectivity index (χ3v) is 12.2. The average Bonchev–Trinajstić information content (AvgIpc) is 3.33. The number of rotatable bonds is 51. The molecule has 0 unspecified atom stereocenters. The largest absolute Gasteiger partial charge is 0.462 e. The van der Waals surface area contributed by atoms with E-state index in [1.807, 2.05) is 0 Å². The molecule has 0 saturated carbocycles. The fourth-order valence-corrected chi connectivity index (χ4v) is 7.89. The zero-order valence-electron chi connectivity index (χ0n) is 44.2. The molecule has 0 spiro atoms. The SMILES string of the molecule is CC/C=C\C/C=C\C/C=C\C/C=C\CCCCCCC(=O)O[C@@H](COC(=O)CCCCCCC/C=C\CCCCCC)COC(=O)CCCCCCCCCCC/C=C\CCCCCCCC. The number of hydrogen-bond donors (Lipinski definition) is 0. The Labute approximate surface area is 414 Å². The molecule has 0 amide bonds. The van der Waals surface area contributed by atoms with E-state index in [0.29, 0.717) is 19.3 Å². The number of carbonyl (C=O) groups is 3. The molecule has 67 heavy (non-hydrogen) atoms. The molecule has 0 aliphatic heterocycles. The van der Waals surface area contributed by atoms with Gasteiger partial charge in [0.1, 0.15) is 13.2 Å². The highest BCUT2D eigenvalue weighted by molar-refractivity contribution is 5.71. The molecule has 6 heteroatoms. The summed E-state index contributed by atoms with van der Waals surface area (Å²) in [5, 5.41) is 0. The van der Waals surface area contributed by atoms with E-state index < -0.39 is 6.10 Å². The van der Waals surface area contributed by atoms with E-state index in [1.54, 1.807) is 0 Å². The molecule has 0 radical (unpaired) electrons. The summed E-state index contributed by atoms with van der Waals surface area (Å²) < 4.78 is 16.8. The smallest absolute Gasteiger partial charge is 0.306 e. The van der Waals surface area contributed by atoms with Gasteiger partial charge >= 0.3 is 17.9 Å². The first kappa shape index (κ1) is 63.8. The fourth-order valence-electron chi connectivity index (χ4n) is 7.89. The zero-order chi connectivity index (χ0) is 48.6. The first-order chi connectivity index (χ1) is 33.0. The predicted molar refractivity (Wildman–Crippen MR) is 288 cm³/mol. The van der Waals surface area contributed by atoms with Crippen molar-refractivity contribution in [3.05, 3.63) is 72.9 Å². The molecule has 0 bridgehead atoms. The first-order valence-corrected chi connectivity index (χ1v) is 28.4. The van der Waals surface area contributed by atoms with Crippen molar-refractivity contribution in [1.29, 1.82) is 0 Å². The molecule has 0 rings (SSSR count). The molecule has 386 valence electrons. The second-order valence-electron chi connectivity index (χ2n) is 18.8. The molecular formula is C61H106O6. The van der Waals surface area contributed by atoms with Gasteiger partial charge in [0, 0.05) is 19.3 Å². The molecule has 0 aromatic rings. The summed E-state index contributed by atoms with van der Waals surface area (Å²) in [5.74, 6) is -0.917. The summed E-state index contributed by atoms with van der Waals surface area (Å²) in [6, 6.07) is 0. The molecule has 0 N–H and O–H groups in total. The van der Waals surface area contributed by atoms with Gasteiger partial charge in [0.2, 0.25) is 0 Å². The van der Waals surface area contributed by atoms with Crippen LogP contribution in [0.3, 0.4) is 0 Å². The van der Waals surface area contributed by atoms with Gasteiger partial charge in [0.05, 0.1) is 0 Å². The third-order valence-electron chi connectivity index (χ3n) is 12.2. The molecule has 0 saturated heterocycles. The van der Waals surface area contributed by atoms with Gasteiger partial charge in [0.15, 0.2) is 6.10 Å². The van der Waals surface area contributed by atoms with E-state index in [2.05, 4.69) is 93.7 Å². The summed E-state index contributed by atoms with van der Waals surface area (Å²) in [4.78, 5) is 38.1. The summed E-state index contributed by atoms with van der Waals surface area (Å²) in [7, 11) is 0. The Hall–Kier alpha value is -3.15. The Kier molecular flexibility index (Phi) is 52.8. The first-order valence-electron chi connectivity index (χ1n) is 28.4. The molecule has 1 atom stereocenters. The molecule has 0 fully saturated rings. The second-order valence-corrected chi connectivity index (χ2v) is 18.8. The molecule has 0 heterocycles. The van der Waals surface area contributed by atoms with Crippen molar-refractivity contribution < 1.29 is 28.6 Å². The average molecular weight is 936 g/mol. The Bertz CT molecular complexity index is 1260. The van der Waals surface area contributed by atoms with Crippen molar-refractivity contribution in [3.63, 3.8) is 0 Å². The Balaban J connectivity index is 4.40. The molecule has 0 aromatic heterocycles. The normalized spacial score (nSPS) is 12.6. The lowest BCUT2D eigenvalue weighted by Crippen LogP contribution is -2.30. The van der Waals surface area contributed by atoms with E-state index in [-0.39, 0.29) is 31.1 Å². The Morgan fingerprint density at radius 3 is 0.940 bits per heavy atom. The van der Waals surface area contributed by atoms with Crippen molar-refractivity contribution >= 4 is 17.9 Å². The number of hydrogen-bond acceptors (Lipinski definition) is 6. The van der Waals surface area contributed by atoms with Gasteiger partial charge < -0.3 is 14.2 Å². The Morgan fingerprint density at radius 2 is 0.582 bits per heavy atom. The molecular weight excluding hydrogens is 829 g/mol. The van der Waals surface area contributed by atoms with Gasteiger partial charge in [-0.2, -0.15) is 0 Å². The van der Waals surface area contributed by atoms with E-state index >= 15 is 0 Å².